The quantitative estimate of drug-likeness (QED) is 0.805. The average Bonchev–Trinajstić information content (AvgIpc) is 2.76. The van der Waals surface area contributed by atoms with Crippen molar-refractivity contribution < 1.29 is 0 Å². The molecule has 15 heavy (non-hydrogen) atoms. The molecule has 0 bridgehead atoms. The van der Waals surface area contributed by atoms with Crippen molar-refractivity contribution in [1.82, 2.24) is 19.3 Å². The smallest absolute Gasteiger partial charge is 0.195 e. The van der Waals surface area contributed by atoms with Crippen LogP contribution in [-0.4, -0.2) is 19.3 Å². The maximum absolute atomic E-state index is 5.14. The molecule has 0 spiro atoms. The molecule has 0 saturated carbocycles. The Balaban J connectivity index is 2.32. The molecule has 0 aliphatic carbocycles. The Morgan fingerprint density at radius 2 is 2.33 bits per heavy atom. The SMILES string of the molecule is CCn1c(Cc2cccn2C)n[nH]c1=S. The number of nitrogens with one attached hydrogen (secondary N) is 1. The van der Waals surface area contributed by atoms with Crippen LogP contribution in [0, 0.1) is 4.77 Å². The standard InChI is InChI=1S/C10H14N4S/c1-3-14-9(11-12-10(14)15)7-8-5-4-6-13(8)2/h4-6H,3,7H2,1-2H3,(H,12,15). The van der Waals surface area contributed by atoms with E-state index in [2.05, 4.69) is 27.8 Å². The number of aromatic nitrogens is 4. The van der Waals surface area contributed by atoms with E-state index in [0.29, 0.717) is 4.77 Å². The van der Waals surface area contributed by atoms with Crippen molar-refractivity contribution in [1.29, 1.82) is 0 Å². The monoisotopic (exact) mass is 222 g/mol. The van der Waals surface area contributed by atoms with Crippen LogP contribution in [0.4, 0.5) is 0 Å². The number of rotatable bonds is 3. The third-order valence-corrected chi connectivity index (χ3v) is 2.86. The lowest BCUT2D eigenvalue weighted by atomic mass is 10.3. The molecule has 5 heteroatoms. The lowest BCUT2D eigenvalue weighted by molar-refractivity contribution is 0.692. The van der Waals surface area contributed by atoms with Gasteiger partial charge in [0.05, 0.1) is 0 Å². The summed E-state index contributed by atoms with van der Waals surface area (Å²) >= 11 is 5.14. The normalized spacial score (nSPS) is 10.8. The van der Waals surface area contributed by atoms with Crippen molar-refractivity contribution >= 4 is 12.2 Å². The Kier molecular flexibility index (Phi) is 2.73. The van der Waals surface area contributed by atoms with E-state index in [0.717, 1.165) is 18.8 Å². The van der Waals surface area contributed by atoms with Crippen LogP contribution < -0.4 is 0 Å². The Labute approximate surface area is 93.6 Å². The van der Waals surface area contributed by atoms with E-state index in [4.69, 9.17) is 12.2 Å². The highest BCUT2D eigenvalue weighted by molar-refractivity contribution is 7.71. The van der Waals surface area contributed by atoms with Crippen LogP contribution in [-0.2, 0) is 20.0 Å². The summed E-state index contributed by atoms with van der Waals surface area (Å²) in [5.41, 5.74) is 1.23. The molecular weight excluding hydrogens is 208 g/mol. The molecule has 0 atom stereocenters. The van der Waals surface area contributed by atoms with Crippen molar-refractivity contribution in [2.75, 3.05) is 0 Å². The molecule has 2 rings (SSSR count). The summed E-state index contributed by atoms with van der Waals surface area (Å²) in [7, 11) is 2.03. The maximum Gasteiger partial charge on any atom is 0.195 e. The molecule has 0 fully saturated rings. The predicted octanol–water partition coefficient (Wildman–Crippen LogP) is 1.89. The molecule has 2 aromatic rings. The van der Waals surface area contributed by atoms with E-state index in [-0.39, 0.29) is 0 Å². The van der Waals surface area contributed by atoms with Crippen molar-refractivity contribution in [2.24, 2.45) is 7.05 Å². The third-order valence-electron chi connectivity index (χ3n) is 2.54. The first kappa shape index (κ1) is 10.2. The Bertz CT molecular complexity index is 505. The molecule has 2 aromatic heterocycles. The van der Waals surface area contributed by atoms with Gasteiger partial charge in [-0.25, -0.2) is 0 Å². The summed E-state index contributed by atoms with van der Waals surface area (Å²) in [5.74, 6) is 0.990. The highest BCUT2D eigenvalue weighted by Crippen LogP contribution is 2.07. The molecule has 80 valence electrons. The molecule has 2 heterocycles. The Hall–Kier alpha value is -1.36. The van der Waals surface area contributed by atoms with Crippen LogP contribution in [0.2, 0.25) is 0 Å². The molecule has 4 nitrogen and oxygen atoms in total. The van der Waals surface area contributed by atoms with Crippen molar-refractivity contribution in [3.8, 4) is 0 Å². The molecule has 0 radical (unpaired) electrons. The van der Waals surface area contributed by atoms with Crippen LogP contribution in [0.3, 0.4) is 0 Å². The first-order valence-electron chi connectivity index (χ1n) is 4.96. The summed E-state index contributed by atoms with van der Waals surface area (Å²) in [5, 5.41) is 7.06. The third kappa shape index (κ3) is 1.87. The number of aromatic amines is 1. The number of aryl methyl sites for hydroxylation is 1. The van der Waals surface area contributed by atoms with Gasteiger partial charge < -0.3 is 9.13 Å². The minimum absolute atomic E-state index is 0.696. The lowest BCUT2D eigenvalue weighted by Gasteiger charge is -2.04. The van der Waals surface area contributed by atoms with E-state index >= 15 is 0 Å². The first-order chi connectivity index (χ1) is 7.22. The summed E-state index contributed by atoms with van der Waals surface area (Å²) in [6, 6.07) is 4.13. The largest absolute Gasteiger partial charge is 0.354 e. The van der Waals surface area contributed by atoms with Gasteiger partial charge in [-0.05, 0) is 31.3 Å². The number of nitrogens with zero attached hydrogens (tertiary/aromatic N) is 3. The molecule has 0 saturated heterocycles. The van der Waals surface area contributed by atoms with Crippen LogP contribution in [0.15, 0.2) is 18.3 Å². The average molecular weight is 222 g/mol. The summed E-state index contributed by atoms with van der Waals surface area (Å²) in [6.07, 6.45) is 2.84. The number of hydrogen-bond acceptors (Lipinski definition) is 2. The highest BCUT2D eigenvalue weighted by Gasteiger charge is 2.06. The van der Waals surface area contributed by atoms with Gasteiger partial charge in [-0.15, -0.1) is 0 Å². The minimum Gasteiger partial charge on any atom is -0.354 e. The van der Waals surface area contributed by atoms with Crippen molar-refractivity contribution in [3.63, 3.8) is 0 Å². The lowest BCUT2D eigenvalue weighted by Crippen LogP contribution is -2.05. The zero-order chi connectivity index (χ0) is 10.8. The molecular formula is C10H14N4S. The topological polar surface area (TPSA) is 38.5 Å². The van der Waals surface area contributed by atoms with Gasteiger partial charge in [0.2, 0.25) is 0 Å². The highest BCUT2D eigenvalue weighted by atomic mass is 32.1. The molecule has 0 unspecified atom stereocenters. The second-order valence-electron chi connectivity index (χ2n) is 3.48. The zero-order valence-corrected chi connectivity index (χ0v) is 9.71. The Morgan fingerprint density at radius 3 is 2.93 bits per heavy atom. The van der Waals surface area contributed by atoms with E-state index in [1.807, 2.05) is 23.9 Å². The number of H-pyrrole nitrogens is 1. The molecule has 0 aliphatic rings. The van der Waals surface area contributed by atoms with Gasteiger partial charge in [0.1, 0.15) is 5.82 Å². The van der Waals surface area contributed by atoms with E-state index in [9.17, 15) is 0 Å². The van der Waals surface area contributed by atoms with Gasteiger partial charge in [-0.2, -0.15) is 5.10 Å². The van der Waals surface area contributed by atoms with Crippen LogP contribution in [0.1, 0.15) is 18.4 Å². The van der Waals surface area contributed by atoms with Gasteiger partial charge in [0.25, 0.3) is 0 Å². The fourth-order valence-electron chi connectivity index (χ4n) is 1.65. The van der Waals surface area contributed by atoms with Gasteiger partial charge in [-0.3, -0.25) is 5.10 Å². The van der Waals surface area contributed by atoms with Crippen molar-refractivity contribution in [3.05, 3.63) is 34.6 Å². The zero-order valence-electron chi connectivity index (χ0n) is 8.90. The molecule has 1 N–H and O–H groups in total. The van der Waals surface area contributed by atoms with Gasteiger partial charge >= 0.3 is 0 Å². The first-order valence-corrected chi connectivity index (χ1v) is 5.37. The molecule has 0 aromatic carbocycles. The second kappa shape index (κ2) is 4.02. The fraction of sp³-hybridized carbons (Fsp3) is 0.400. The van der Waals surface area contributed by atoms with Crippen LogP contribution >= 0.6 is 12.2 Å². The minimum atomic E-state index is 0.696. The van der Waals surface area contributed by atoms with E-state index in [1.54, 1.807) is 0 Å². The maximum atomic E-state index is 5.14. The van der Waals surface area contributed by atoms with Crippen molar-refractivity contribution in [2.45, 2.75) is 19.9 Å². The number of hydrogen-bond donors (Lipinski definition) is 1. The fourth-order valence-corrected chi connectivity index (χ4v) is 1.93. The molecule has 0 aliphatic heterocycles. The van der Waals surface area contributed by atoms with Gasteiger partial charge in [-0.1, -0.05) is 0 Å². The summed E-state index contributed by atoms with van der Waals surface area (Å²) < 4.78 is 4.81. The Morgan fingerprint density at radius 1 is 1.53 bits per heavy atom. The van der Waals surface area contributed by atoms with Gasteiger partial charge in [0, 0.05) is 31.9 Å². The van der Waals surface area contributed by atoms with Crippen LogP contribution in [0.25, 0.3) is 0 Å². The second-order valence-corrected chi connectivity index (χ2v) is 3.86. The molecule has 0 amide bonds. The van der Waals surface area contributed by atoms with E-state index in [1.165, 1.54) is 5.69 Å². The predicted molar refractivity (Wildman–Crippen MR) is 61.3 cm³/mol. The van der Waals surface area contributed by atoms with E-state index < -0.39 is 0 Å². The summed E-state index contributed by atoms with van der Waals surface area (Å²) in [4.78, 5) is 0. The summed E-state index contributed by atoms with van der Waals surface area (Å²) in [6.45, 7) is 2.93. The van der Waals surface area contributed by atoms with Crippen LogP contribution in [0.5, 0.6) is 0 Å². The van der Waals surface area contributed by atoms with Gasteiger partial charge in [0.15, 0.2) is 4.77 Å².